The second-order valence-corrected chi connectivity index (χ2v) is 4.18. The Labute approximate surface area is 102 Å². The standard InChI is InChI=1S/C10H14F3NO4/c1-6(18-5-10(11,12)13)8(15)14-3-2-7(4-14)9(16)17/h6-7H,2-5H2,1H3,(H,16,17)/t6-,7+/m0/s1. The molecule has 8 heteroatoms. The van der Waals surface area contributed by atoms with Crippen molar-refractivity contribution < 1.29 is 32.6 Å². The lowest BCUT2D eigenvalue weighted by Crippen LogP contribution is -2.39. The molecule has 1 saturated heterocycles. The molecule has 1 fully saturated rings. The van der Waals surface area contributed by atoms with Crippen molar-refractivity contribution in [2.75, 3.05) is 19.7 Å². The Morgan fingerprint density at radius 3 is 2.56 bits per heavy atom. The quantitative estimate of drug-likeness (QED) is 0.823. The lowest BCUT2D eigenvalue weighted by Gasteiger charge is -2.21. The number of halogens is 3. The van der Waals surface area contributed by atoms with E-state index in [4.69, 9.17) is 5.11 Å². The van der Waals surface area contributed by atoms with Crippen molar-refractivity contribution in [3.8, 4) is 0 Å². The third-order valence-corrected chi connectivity index (χ3v) is 2.69. The van der Waals surface area contributed by atoms with Gasteiger partial charge in [-0.25, -0.2) is 0 Å². The highest BCUT2D eigenvalue weighted by molar-refractivity contribution is 5.82. The summed E-state index contributed by atoms with van der Waals surface area (Å²) >= 11 is 0. The molecule has 1 aliphatic rings. The van der Waals surface area contributed by atoms with E-state index in [-0.39, 0.29) is 13.1 Å². The van der Waals surface area contributed by atoms with Crippen LogP contribution in [-0.4, -0.2) is 53.9 Å². The highest BCUT2D eigenvalue weighted by Crippen LogP contribution is 2.19. The highest BCUT2D eigenvalue weighted by Gasteiger charge is 2.35. The van der Waals surface area contributed by atoms with Crippen molar-refractivity contribution in [1.82, 2.24) is 4.90 Å². The molecule has 5 nitrogen and oxygen atoms in total. The van der Waals surface area contributed by atoms with Crippen molar-refractivity contribution >= 4 is 11.9 Å². The number of carboxylic acid groups (broad SMARTS) is 1. The van der Waals surface area contributed by atoms with Crippen LogP contribution in [0.15, 0.2) is 0 Å². The number of nitrogens with zero attached hydrogens (tertiary/aromatic N) is 1. The molecule has 0 aliphatic carbocycles. The van der Waals surface area contributed by atoms with Gasteiger partial charge in [0.15, 0.2) is 0 Å². The minimum Gasteiger partial charge on any atom is -0.481 e. The number of aliphatic carboxylic acids is 1. The van der Waals surface area contributed by atoms with Gasteiger partial charge in [-0.1, -0.05) is 0 Å². The van der Waals surface area contributed by atoms with Gasteiger partial charge in [-0.15, -0.1) is 0 Å². The van der Waals surface area contributed by atoms with Crippen molar-refractivity contribution in [2.24, 2.45) is 5.92 Å². The van der Waals surface area contributed by atoms with Crippen LogP contribution < -0.4 is 0 Å². The summed E-state index contributed by atoms with van der Waals surface area (Å²) in [6.45, 7) is -0.0122. The maximum Gasteiger partial charge on any atom is 0.411 e. The molecular weight excluding hydrogens is 255 g/mol. The zero-order chi connectivity index (χ0) is 13.9. The van der Waals surface area contributed by atoms with Crippen LogP contribution in [0.4, 0.5) is 13.2 Å². The first-order valence-corrected chi connectivity index (χ1v) is 5.40. The van der Waals surface area contributed by atoms with Gasteiger partial charge in [0.25, 0.3) is 5.91 Å². The molecule has 1 amide bonds. The zero-order valence-electron chi connectivity index (χ0n) is 9.74. The summed E-state index contributed by atoms with van der Waals surface area (Å²) in [5.74, 6) is -2.26. The summed E-state index contributed by atoms with van der Waals surface area (Å²) in [4.78, 5) is 23.6. The fourth-order valence-corrected chi connectivity index (χ4v) is 1.71. The van der Waals surface area contributed by atoms with Gasteiger partial charge < -0.3 is 14.7 Å². The van der Waals surface area contributed by atoms with E-state index in [1.165, 1.54) is 11.8 Å². The average Bonchev–Trinajstić information content (AvgIpc) is 2.73. The molecule has 2 atom stereocenters. The number of rotatable bonds is 4. The molecule has 0 bridgehead atoms. The van der Waals surface area contributed by atoms with E-state index < -0.39 is 36.7 Å². The summed E-state index contributed by atoms with van der Waals surface area (Å²) in [6, 6.07) is 0. The third kappa shape index (κ3) is 4.17. The van der Waals surface area contributed by atoms with E-state index in [1.54, 1.807) is 0 Å². The topological polar surface area (TPSA) is 66.8 Å². The second kappa shape index (κ2) is 5.55. The Morgan fingerprint density at radius 2 is 2.11 bits per heavy atom. The molecule has 0 unspecified atom stereocenters. The zero-order valence-corrected chi connectivity index (χ0v) is 9.74. The van der Waals surface area contributed by atoms with Crippen LogP contribution in [0.3, 0.4) is 0 Å². The number of alkyl halides is 3. The largest absolute Gasteiger partial charge is 0.481 e. The lowest BCUT2D eigenvalue weighted by molar-refractivity contribution is -0.188. The Bertz CT molecular complexity index is 332. The van der Waals surface area contributed by atoms with Crippen molar-refractivity contribution in [1.29, 1.82) is 0 Å². The Morgan fingerprint density at radius 1 is 1.50 bits per heavy atom. The summed E-state index contributed by atoms with van der Waals surface area (Å²) < 4.78 is 40.1. The number of likely N-dealkylation sites (tertiary alicyclic amines) is 1. The van der Waals surface area contributed by atoms with E-state index in [0.717, 1.165) is 0 Å². The monoisotopic (exact) mass is 269 g/mol. The number of hydrogen-bond donors (Lipinski definition) is 1. The predicted molar refractivity (Wildman–Crippen MR) is 53.8 cm³/mol. The van der Waals surface area contributed by atoms with Crippen LogP contribution in [0, 0.1) is 5.92 Å². The van der Waals surface area contributed by atoms with Gasteiger partial charge in [-0.05, 0) is 13.3 Å². The Hall–Kier alpha value is -1.31. The first kappa shape index (κ1) is 14.7. The van der Waals surface area contributed by atoms with Gasteiger partial charge in [0.05, 0.1) is 5.92 Å². The number of ether oxygens (including phenoxy) is 1. The normalized spacial score (nSPS) is 22.0. The van der Waals surface area contributed by atoms with E-state index in [2.05, 4.69) is 4.74 Å². The van der Waals surface area contributed by atoms with E-state index >= 15 is 0 Å². The number of hydrogen-bond acceptors (Lipinski definition) is 3. The Kier molecular flexibility index (Phi) is 4.55. The molecule has 1 heterocycles. The smallest absolute Gasteiger partial charge is 0.411 e. The molecule has 0 aromatic carbocycles. The minimum atomic E-state index is -4.48. The SMILES string of the molecule is C[C@H](OCC(F)(F)F)C(=O)N1CC[C@@H](C(=O)O)C1. The van der Waals surface area contributed by atoms with Crippen LogP contribution in [0.2, 0.25) is 0 Å². The number of amides is 1. The molecule has 1 N–H and O–H groups in total. The highest BCUT2D eigenvalue weighted by atomic mass is 19.4. The van der Waals surface area contributed by atoms with E-state index in [0.29, 0.717) is 6.42 Å². The Balaban J connectivity index is 2.43. The van der Waals surface area contributed by atoms with Gasteiger partial charge in [0.1, 0.15) is 12.7 Å². The van der Waals surface area contributed by atoms with Crippen LogP contribution >= 0.6 is 0 Å². The van der Waals surface area contributed by atoms with Gasteiger partial charge in [-0.3, -0.25) is 9.59 Å². The molecule has 0 spiro atoms. The van der Waals surface area contributed by atoms with Crippen molar-refractivity contribution in [3.05, 3.63) is 0 Å². The minimum absolute atomic E-state index is 0.0217. The molecule has 0 radical (unpaired) electrons. The maximum atomic E-state index is 11.9. The van der Waals surface area contributed by atoms with Crippen molar-refractivity contribution in [2.45, 2.75) is 25.6 Å². The van der Waals surface area contributed by atoms with E-state index in [9.17, 15) is 22.8 Å². The molecular formula is C10H14F3NO4. The second-order valence-electron chi connectivity index (χ2n) is 4.18. The first-order chi connectivity index (χ1) is 8.20. The van der Waals surface area contributed by atoms with Crippen LogP contribution in [0.5, 0.6) is 0 Å². The molecule has 1 aliphatic heterocycles. The first-order valence-electron chi connectivity index (χ1n) is 5.40. The average molecular weight is 269 g/mol. The van der Waals surface area contributed by atoms with E-state index in [1.807, 2.05) is 0 Å². The maximum absolute atomic E-state index is 11.9. The molecule has 0 saturated carbocycles. The van der Waals surface area contributed by atoms with Gasteiger partial charge in [0, 0.05) is 13.1 Å². The molecule has 0 aromatic rings. The predicted octanol–water partition coefficient (Wildman–Crippen LogP) is 0.887. The summed E-state index contributed by atoms with van der Waals surface area (Å²) in [5, 5.41) is 8.74. The molecule has 0 aromatic heterocycles. The van der Waals surface area contributed by atoms with Gasteiger partial charge >= 0.3 is 12.1 Å². The number of carbonyl (C=O) groups is 2. The molecule has 18 heavy (non-hydrogen) atoms. The molecule has 1 rings (SSSR count). The van der Waals surface area contributed by atoms with Crippen LogP contribution in [-0.2, 0) is 14.3 Å². The van der Waals surface area contributed by atoms with Gasteiger partial charge in [-0.2, -0.15) is 13.2 Å². The number of carboxylic acids is 1. The fourth-order valence-electron chi connectivity index (χ4n) is 1.71. The summed E-state index contributed by atoms with van der Waals surface area (Å²) in [6.07, 6.45) is -5.39. The van der Waals surface area contributed by atoms with Crippen molar-refractivity contribution in [3.63, 3.8) is 0 Å². The third-order valence-electron chi connectivity index (χ3n) is 2.69. The summed E-state index contributed by atoms with van der Waals surface area (Å²) in [5.41, 5.74) is 0. The summed E-state index contributed by atoms with van der Waals surface area (Å²) in [7, 11) is 0. The van der Waals surface area contributed by atoms with Crippen LogP contribution in [0.25, 0.3) is 0 Å². The fraction of sp³-hybridized carbons (Fsp3) is 0.800. The lowest BCUT2D eigenvalue weighted by atomic mass is 10.1. The number of carbonyl (C=O) groups excluding carboxylic acids is 1. The molecule has 104 valence electrons. The van der Waals surface area contributed by atoms with Crippen LogP contribution in [0.1, 0.15) is 13.3 Å². The van der Waals surface area contributed by atoms with Gasteiger partial charge in [0.2, 0.25) is 0 Å².